The second-order valence-corrected chi connectivity index (χ2v) is 5.33. The van der Waals surface area contributed by atoms with Crippen LogP contribution in [0.5, 0.6) is 0 Å². The zero-order valence-electron chi connectivity index (χ0n) is 12.2. The van der Waals surface area contributed by atoms with E-state index in [4.69, 9.17) is 11.6 Å². The van der Waals surface area contributed by atoms with Crippen LogP contribution < -0.4 is 5.32 Å². The van der Waals surface area contributed by atoms with Crippen LogP contribution in [-0.2, 0) is 11.2 Å². The van der Waals surface area contributed by atoms with E-state index < -0.39 is 0 Å². The van der Waals surface area contributed by atoms with Gasteiger partial charge in [0.05, 0.1) is 18.3 Å². The summed E-state index contributed by atoms with van der Waals surface area (Å²) < 4.78 is 0. The molecule has 114 valence electrons. The molecule has 2 aromatic carbocycles. The minimum atomic E-state index is -0.158. The van der Waals surface area contributed by atoms with Crippen LogP contribution in [0.2, 0.25) is 5.15 Å². The number of hydrogen-bond acceptors (Lipinski definition) is 3. The van der Waals surface area contributed by atoms with Crippen LogP contribution in [0, 0.1) is 0 Å². The Morgan fingerprint density at radius 2 is 1.65 bits per heavy atom. The molecule has 1 N–H and O–H groups in total. The lowest BCUT2D eigenvalue weighted by molar-refractivity contribution is -0.115. The highest BCUT2D eigenvalue weighted by Gasteiger charge is 2.10. The fourth-order valence-electron chi connectivity index (χ4n) is 2.15. The molecular formula is C18H14ClN3O. The first-order valence-electron chi connectivity index (χ1n) is 7.14. The van der Waals surface area contributed by atoms with Gasteiger partial charge >= 0.3 is 0 Å². The molecule has 3 aromatic rings. The lowest BCUT2D eigenvalue weighted by Crippen LogP contribution is -2.15. The zero-order chi connectivity index (χ0) is 16.1. The summed E-state index contributed by atoms with van der Waals surface area (Å²) in [6, 6.07) is 19.0. The summed E-state index contributed by atoms with van der Waals surface area (Å²) >= 11 is 6.16. The standard InChI is InChI=1S/C18H14ClN3O/c19-17-15(21-16(23)11-13-7-3-1-4-8-13)12-20-18(22-17)14-9-5-2-6-10-14/h1-10,12H,11H2,(H,21,23). The Hall–Kier alpha value is -2.72. The second-order valence-electron chi connectivity index (χ2n) is 4.97. The van der Waals surface area contributed by atoms with Gasteiger partial charge in [0.2, 0.25) is 5.91 Å². The molecule has 0 saturated heterocycles. The Balaban J connectivity index is 1.73. The largest absolute Gasteiger partial charge is 0.322 e. The number of carbonyl (C=O) groups is 1. The number of carbonyl (C=O) groups excluding carboxylic acids is 1. The topological polar surface area (TPSA) is 54.9 Å². The predicted molar refractivity (Wildman–Crippen MR) is 91.3 cm³/mol. The quantitative estimate of drug-likeness (QED) is 0.739. The Bertz CT molecular complexity index is 807. The number of nitrogens with zero attached hydrogens (tertiary/aromatic N) is 2. The molecule has 0 radical (unpaired) electrons. The predicted octanol–water partition coefficient (Wildman–Crippen LogP) is 3.98. The lowest BCUT2D eigenvalue weighted by atomic mass is 10.1. The first kappa shape index (κ1) is 15.2. The van der Waals surface area contributed by atoms with E-state index in [1.807, 2.05) is 60.7 Å². The molecule has 0 bridgehead atoms. The van der Waals surface area contributed by atoms with Crippen LogP contribution in [0.15, 0.2) is 66.9 Å². The molecule has 4 nitrogen and oxygen atoms in total. The summed E-state index contributed by atoms with van der Waals surface area (Å²) in [5, 5.41) is 2.96. The van der Waals surface area contributed by atoms with Gasteiger partial charge in [0.25, 0.3) is 0 Å². The zero-order valence-corrected chi connectivity index (χ0v) is 13.0. The number of anilines is 1. The van der Waals surface area contributed by atoms with E-state index in [-0.39, 0.29) is 17.5 Å². The minimum absolute atomic E-state index is 0.158. The van der Waals surface area contributed by atoms with Crippen molar-refractivity contribution in [3.8, 4) is 11.4 Å². The van der Waals surface area contributed by atoms with Crippen molar-refractivity contribution < 1.29 is 4.79 Å². The molecule has 1 aromatic heterocycles. The van der Waals surface area contributed by atoms with Crippen LogP contribution in [0.4, 0.5) is 5.69 Å². The van der Waals surface area contributed by atoms with Gasteiger partial charge in [-0.05, 0) is 5.56 Å². The average Bonchev–Trinajstić information content (AvgIpc) is 2.58. The molecule has 1 amide bonds. The van der Waals surface area contributed by atoms with Gasteiger partial charge in [0, 0.05) is 5.56 Å². The molecule has 1 heterocycles. The summed E-state index contributed by atoms with van der Waals surface area (Å²) in [5.41, 5.74) is 2.21. The summed E-state index contributed by atoms with van der Waals surface area (Å²) in [6.07, 6.45) is 1.80. The van der Waals surface area contributed by atoms with Crippen molar-refractivity contribution in [3.63, 3.8) is 0 Å². The minimum Gasteiger partial charge on any atom is -0.322 e. The van der Waals surface area contributed by atoms with E-state index in [0.29, 0.717) is 11.5 Å². The van der Waals surface area contributed by atoms with Gasteiger partial charge in [0.1, 0.15) is 0 Å². The Labute approximate surface area is 139 Å². The van der Waals surface area contributed by atoms with Gasteiger partial charge in [-0.3, -0.25) is 4.79 Å². The summed E-state index contributed by atoms with van der Waals surface area (Å²) in [5.74, 6) is 0.366. The number of halogens is 1. The normalized spacial score (nSPS) is 10.3. The molecule has 5 heteroatoms. The van der Waals surface area contributed by atoms with E-state index in [1.54, 1.807) is 0 Å². The first-order valence-corrected chi connectivity index (χ1v) is 7.52. The molecule has 0 unspecified atom stereocenters. The molecule has 0 aliphatic carbocycles. The number of aromatic nitrogens is 2. The Morgan fingerprint density at radius 1 is 1.00 bits per heavy atom. The third kappa shape index (κ3) is 3.93. The van der Waals surface area contributed by atoms with Crippen molar-refractivity contribution in [2.75, 3.05) is 5.32 Å². The molecule has 0 aliphatic heterocycles. The molecule has 0 spiro atoms. The molecule has 0 aliphatic rings. The van der Waals surface area contributed by atoms with E-state index in [9.17, 15) is 4.79 Å². The van der Waals surface area contributed by atoms with Gasteiger partial charge < -0.3 is 5.32 Å². The maximum atomic E-state index is 12.1. The van der Waals surface area contributed by atoms with E-state index in [1.165, 1.54) is 6.20 Å². The van der Waals surface area contributed by atoms with Crippen molar-refractivity contribution in [2.45, 2.75) is 6.42 Å². The van der Waals surface area contributed by atoms with Crippen LogP contribution in [0.3, 0.4) is 0 Å². The second kappa shape index (κ2) is 7.03. The van der Waals surface area contributed by atoms with E-state index in [2.05, 4.69) is 15.3 Å². The van der Waals surface area contributed by atoms with E-state index in [0.717, 1.165) is 11.1 Å². The van der Waals surface area contributed by atoms with Gasteiger partial charge in [-0.15, -0.1) is 0 Å². The number of hydrogen-bond donors (Lipinski definition) is 1. The van der Waals surface area contributed by atoms with Gasteiger partial charge in [-0.1, -0.05) is 72.3 Å². The SMILES string of the molecule is O=C(Cc1ccccc1)Nc1cnc(-c2ccccc2)nc1Cl. The van der Waals surface area contributed by atoms with Crippen LogP contribution in [0.1, 0.15) is 5.56 Å². The highest BCUT2D eigenvalue weighted by molar-refractivity contribution is 6.32. The van der Waals surface area contributed by atoms with Crippen molar-refractivity contribution in [1.82, 2.24) is 9.97 Å². The monoisotopic (exact) mass is 323 g/mol. The number of nitrogens with one attached hydrogen (secondary N) is 1. The molecule has 0 atom stereocenters. The smallest absolute Gasteiger partial charge is 0.228 e. The third-order valence-corrected chi connectivity index (χ3v) is 3.54. The maximum absolute atomic E-state index is 12.1. The number of rotatable bonds is 4. The number of amides is 1. The molecule has 0 fully saturated rings. The fraction of sp³-hybridized carbons (Fsp3) is 0.0556. The van der Waals surface area contributed by atoms with Crippen molar-refractivity contribution >= 4 is 23.2 Å². The maximum Gasteiger partial charge on any atom is 0.228 e. The number of benzene rings is 2. The van der Waals surface area contributed by atoms with Crippen LogP contribution in [-0.4, -0.2) is 15.9 Å². The van der Waals surface area contributed by atoms with Crippen molar-refractivity contribution in [2.24, 2.45) is 0 Å². The average molecular weight is 324 g/mol. The molecule has 3 rings (SSSR count). The summed E-state index contributed by atoms with van der Waals surface area (Å²) in [4.78, 5) is 20.6. The summed E-state index contributed by atoms with van der Waals surface area (Å²) in [7, 11) is 0. The van der Waals surface area contributed by atoms with Crippen LogP contribution >= 0.6 is 11.6 Å². The molecule has 0 saturated carbocycles. The summed E-state index contributed by atoms with van der Waals surface area (Å²) in [6.45, 7) is 0. The van der Waals surface area contributed by atoms with Crippen molar-refractivity contribution in [1.29, 1.82) is 0 Å². The molecular weight excluding hydrogens is 310 g/mol. The Morgan fingerprint density at radius 3 is 2.30 bits per heavy atom. The van der Waals surface area contributed by atoms with Crippen molar-refractivity contribution in [3.05, 3.63) is 77.6 Å². The van der Waals surface area contributed by atoms with Crippen LogP contribution in [0.25, 0.3) is 11.4 Å². The van der Waals surface area contributed by atoms with Gasteiger partial charge in [0.15, 0.2) is 11.0 Å². The van der Waals surface area contributed by atoms with E-state index >= 15 is 0 Å². The fourth-order valence-corrected chi connectivity index (χ4v) is 2.32. The van der Waals surface area contributed by atoms with Gasteiger partial charge in [-0.2, -0.15) is 0 Å². The first-order chi connectivity index (χ1) is 11.2. The lowest BCUT2D eigenvalue weighted by Gasteiger charge is -2.08. The Kier molecular flexibility index (Phi) is 4.64. The highest BCUT2D eigenvalue weighted by Crippen LogP contribution is 2.22. The highest BCUT2D eigenvalue weighted by atomic mass is 35.5. The van der Waals surface area contributed by atoms with Gasteiger partial charge in [-0.25, -0.2) is 9.97 Å². The third-order valence-electron chi connectivity index (χ3n) is 3.26. The molecule has 23 heavy (non-hydrogen) atoms.